The van der Waals surface area contributed by atoms with Crippen molar-refractivity contribution in [2.24, 2.45) is 0 Å². The number of pyridine rings is 2. The van der Waals surface area contributed by atoms with Gasteiger partial charge < -0.3 is 14.4 Å². The van der Waals surface area contributed by atoms with Gasteiger partial charge in [0.1, 0.15) is 16.4 Å². The molecular formula is C21H18N2O6S. The zero-order valence-electron chi connectivity index (χ0n) is 16.1. The van der Waals surface area contributed by atoms with Gasteiger partial charge in [-0.1, -0.05) is 18.2 Å². The van der Waals surface area contributed by atoms with Crippen molar-refractivity contribution >= 4 is 26.7 Å². The van der Waals surface area contributed by atoms with Gasteiger partial charge in [-0.05, 0) is 18.2 Å². The zero-order valence-corrected chi connectivity index (χ0v) is 16.9. The quantitative estimate of drug-likeness (QED) is 0.488. The predicted octanol–water partition coefficient (Wildman–Crippen LogP) is 1.10. The third-order valence-electron chi connectivity index (χ3n) is 5.74. The number of cyclic esters (lactones) is 1. The first-order chi connectivity index (χ1) is 14.2. The van der Waals surface area contributed by atoms with Gasteiger partial charge in [0.05, 0.1) is 34.8 Å². The summed E-state index contributed by atoms with van der Waals surface area (Å²) in [5.74, 6) is -1.37. The molecule has 2 aliphatic rings. The van der Waals surface area contributed by atoms with Crippen molar-refractivity contribution in [3.63, 3.8) is 0 Å². The van der Waals surface area contributed by atoms with Crippen LogP contribution in [0.1, 0.15) is 23.1 Å². The average Bonchev–Trinajstić information content (AvgIpc) is 3.06. The van der Waals surface area contributed by atoms with Crippen molar-refractivity contribution in [1.82, 2.24) is 9.55 Å². The lowest BCUT2D eigenvalue weighted by molar-refractivity contribution is -0.172. The molecule has 30 heavy (non-hydrogen) atoms. The lowest BCUT2D eigenvalue weighted by atomic mass is 9.86. The molecule has 0 radical (unpaired) electrons. The Morgan fingerprint density at radius 2 is 2.00 bits per heavy atom. The first-order valence-electron chi connectivity index (χ1n) is 9.41. The van der Waals surface area contributed by atoms with Gasteiger partial charge in [0.15, 0.2) is 5.60 Å². The normalized spacial score (nSPS) is 19.9. The van der Waals surface area contributed by atoms with Crippen LogP contribution in [0, 0.1) is 0 Å². The zero-order chi connectivity index (χ0) is 21.3. The Hall–Kier alpha value is -3.04. The minimum atomic E-state index is -3.45. The van der Waals surface area contributed by atoms with Crippen LogP contribution < -0.4 is 5.56 Å². The first kappa shape index (κ1) is 19.0. The molecule has 3 aromatic rings. The molecule has 2 aromatic heterocycles. The molecule has 0 fully saturated rings. The Bertz CT molecular complexity index is 1410. The number of fused-ring (bicyclic) bond motifs is 5. The largest absolute Gasteiger partial charge is 0.458 e. The van der Waals surface area contributed by atoms with Crippen LogP contribution in [0.5, 0.6) is 0 Å². The number of esters is 1. The van der Waals surface area contributed by atoms with E-state index in [1.165, 1.54) is 0 Å². The van der Waals surface area contributed by atoms with E-state index in [2.05, 4.69) is 4.98 Å². The van der Waals surface area contributed by atoms with Crippen LogP contribution >= 0.6 is 0 Å². The highest BCUT2D eigenvalue weighted by molar-refractivity contribution is 7.90. The predicted molar refractivity (Wildman–Crippen MR) is 109 cm³/mol. The van der Waals surface area contributed by atoms with Gasteiger partial charge in [0.2, 0.25) is 0 Å². The van der Waals surface area contributed by atoms with Gasteiger partial charge >= 0.3 is 5.97 Å². The second kappa shape index (κ2) is 6.23. The van der Waals surface area contributed by atoms with Gasteiger partial charge in [-0.15, -0.1) is 0 Å². The summed E-state index contributed by atoms with van der Waals surface area (Å²) in [6, 6.07) is 11.1. The number of rotatable bonds is 3. The number of sulfone groups is 1. The summed E-state index contributed by atoms with van der Waals surface area (Å²) < 4.78 is 29.9. The fraction of sp³-hybridized carbons (Fsp3) is 0.286. The van der Waals surface area contributed by atoms with Gasteiger partial charge in [0, 0.05) is 29.2 Å². The third kappa shape index (κ3) is 2.77. The molecule has 8 nitrogen and oxygen atoms in total. The Balaban J connectivity index is 1.72. The molecule has 0 unspecified atom stereocenters. The lowest BCUT2D eigenvalue weighted by Gasteiger charge is -2.32. The minimum absolute atomic E-state index is 0.0986. The number of aromatic nitrogens is 2. The number of benzene rings is 1. The summed E-state index contributed by atoms with van der Waals surface area (Å²) in [4.78, 5) is 30.3. The molecule has 1 N–H and O–H groups in total. The van der Waals surface area contributed by atoms with Crippen LogP contribution in [0.4, 0.5) is 0 Å². The first-order valence-corrected chi connectivity index (χ1v) is 11.5. The second-order valence-corrected chi connectivity index (χ2v) is 10.1. The Morgan fingerprint density at radius 3 is 2.77 bits per heavy atom. The molecule has 2 aliphatic heterocycles. The van der Waals surface area contributed by atoms with Crippen LogP contribution in [0.2, 0.25) is 0 Å². The summed E-state index contributed by atoms with van der Waals surface area (Å²) in [5, 5.41) is 12.1. The van der Waals surface area contributed by atoms with Crippen LogP contribution in [-0.2, 0) is 38.1 Å². The van der Waals surface area contributed by atoms with Crippen molar-refractivity contribution in [2.75, 3.05) is 12.0 Å². The van der Waals surface area contributed by atoms with E-state index in [9.17, 15) is 23.1 Å². The van der Waals surface area contributed by atoms with Crippen molar-refractivity contribution < 1.29 is 23.1 Å². The highest BCUT2D eigenvalue weighted by Crippen LogP contribution is 2.38. The maximum Gasteiger partial charge on any atom is 0.343 e. The van der Waals surface area contributed by atoms with Gasteiger partial charge in [-0.3, -0.25) is 4.79 Å². The smallest absolute Gasteiger partial charge is 0.343 e. The molecule has 9 heteroatoms. The number of hydrogen-bond donors (Lipinski definition) is 1. The number of ether oxygens (including phenoxy) is 1. The Morgan fingerprint density at radius 1 is 1.23 bits per heavy atom. The number of para-hydroxylation sites is 1. The lowest BCUT2D eigenvalue weighted by Crippen LogP contribution is -2.45. The van der Waals surface area contributed by atoms with Crippen LogP contribution in [0.15, 0.2) is 41.2 Å². The molecule has 0 saturated carbocycles. The van der Waals surface area contributed by atoms with Crippen molar-refractivity contribution in [1.29, 1.82) is 0 Å². The summed E-state index contributed by atoms with van der Waals surface area (Å²) in [5.41, 5.74) is 0.403. The van der Waals surface area contributed by atoms with E-state index < -0.39 is 33.6 Å². The summed E-state index contributed by atoms with van der Waals surface area (Å²) in [6.07, 6.45) is 0.632. The number of carbonyl (C=O) groups excluding carboxylic acids is 1. The second-order valence-electron chi connectivity index (χ2n) is 7.82. The van der Waals surface area contributed by atoms with Crippen LogP contribution in [0.3, 0.4) is 0 Å². The van der Waals surface area contributed by atoms with Gasteiger partial charge in [-0.2, -0.15) is 0 Å². The van der Waals surface area contributed by atoms with Gasteiger partial charge in [0.25, 0.3) is 5.56 Å². The number of hydrogen-bond acceptors (Lipinski definition) is 7. The molecule has 0 bridgehead atoms. The standard InChI is InChI=1S/C21H18N2O6S/c1-30(27,28)7-6-21(26)15-9-17-18-13(8-12-4-2-3-5-16(12)22-18)10-23(17)19(24)14(15)11-29-20(21)25/h2-5,8-9,26H,6-7,10-11H2,1H3/t21-/m0/s1. The van der Waals surface area contributed by atoms with E-state index >= 15 is 0 Å². The molecule has 1 aromatic carbocycles. The molecule has 4 heterocycles. The molecular weight excluding hydrogens is 408 g/mol. The van der Waals surface area contributed by atoms with Gasteiger partial charge in [-0.25, -0.2) is 18.2 Å². The van der Waals surface area contributed by atoms with E-state index in [1.807, 2.05) is 30.3 Å². The molecule has 0 amide bonds. The average molecular weight is 426 g/mol. The van der Waals surface area contributed by atoms with E-state index in [0.717, 1.165) is 22.7 Å². The number of aliphatic hydroxyl groups is 1. The monoisotopic (exact) mass is 426 g/mol. The summed E-state index contributed by atoms with van der Waals surface area (Å²) in [6.45, 7) is 0.0601. The highest BCUT2D eigenvalue weighted by atomic mass is 32.2. The van der Waals surface area contributed by atoms with E-state index in [-0.39, 0.29) is 23.3 Å². The Kier molecular flexibility index (Phi) is 3.93. The maximum atomic E-state index is 13.2. The molecule has 1 atom stereocenters. The fourth-order valence-electron chi connectivity index (χ4n) is 4.16. The maximum absolute atomic E-state index is 13.2. The molecule has 154 valence electrons. The molecule has 5 rings (SSSR count). The third-order valence-corrected chi connectivity index (χ3v) is 6.69. The van der Waals surface area contributed by atoms with Crippen LogP contribution in [-0.4, -0.2) is 41.1 Å². The summed E-state index contributed by atoms with van der Waals surface area (Å²) in [7, 11) is -3.45. The minimum Gasteiger partial charge on any atom is -0.458 e. The molecule has 0 spiro atoms. The van der Waals surface area contributed by atoms with E-state index in [0.29, 0.717) is 17.9 Å². The van der Waals surface area contributed by atoms with Crippen LogP contribution in [0.25, 0.3) is 22.3 Å². The van der Waals surface area contributed by atoms with E-state index in [4.69, 9.17) is 4.74 Å². The summed E-state index contributed by atoms with van der Waals surface area (Å²) >= 11 is 0. The van der Waals surface area contributed by atoms with E-state index in [1.54, 1.807) is 10.6 Å². The van der Waals surface area contributed by atoms with Crippen molar-refractivity contribution in [3.8, 4) is 11.4 Å². The number of carbonyl (C=O) groups is 1. The van der Waals surface area contributed by atoms with Crippen molar-refractivity contribution in [3.05, 3.63) is 63.4 Å². The SMILES string of the molecule is CS(=O)(=O)CC[C@@]1(O)C(=O)OCc2c1cc1n(c2=O)Cc2cc3ccccc3nc2-1. The Labute approximate surface area is 171 Å². The molecule has 0 saturated heterocycles. The number of nitrogens with zero attached hydrogens (tertiary/aromatic N) is 2. The molecule has 0 aliphatic carbocycles. The topological polar surface area (TPSA) is 116 Å². The highest BCUT2D eigenvalue weighted by Gasteiger charge is 2.47. The van der Waals surface area contributed by atoms with Crippen molar-refractivity contribution in [2.45, 2.75) is 25.2 Å². The fourth-order valence-corrected chi connectivity index (χ4v) is 4.83.